The Bertz CT molecular complexity index is 853. The van der Waals surface area contributed by atoms with Gasteiger partial charge in [0.2, 0.25) is 10.0 Å². The average molecular weight is 468 g/mol. The smallest absolute Gasteiger partial charge is 0.315 e. The number of carbonyl (C=O) groups excluding carboxylic acids is 1. The van der Waals surface area contributed by atoms with Gasteiger partial charge in [-0.1, -0.05) is 32.1 Å². The molecule has 2 aliphatic rings. The molecule has 1 atom stereocenters. The number of carbonyl (C=O) groups is 1. The van der Waals surface area contributed by atoms with E-state index in [0.717, 1.165) is 38.5 Å². The van der Waals surface area contributed by atoms with Crippen LogP contribution in [0.25, 0.3) is 0 Å². The Morgan fingerprint density at radius 3 is 2.44 bits per heavy atom. The van der Waals surface area contributed by atoms with Gasteiger partial charge in [-0.05, 0) is 43.7 Å². The number of rotatable bonds is 7. The Hall–Kier alpha value is -2.00. The van der Waals surface area contributed by atoms with Gasteiger partial charge in [0, 0.05) is 31.7 Å². The van der Waals surface area contributed by atoms with Crippen molar-refractivity contribution in [2.45, 2.75) is 68.7 Å². The molecule has 1 saturated carbocycles. The van der Waals surface area contributed by atoms with Crippen molar-refractivity contribution in [3.05, 3.63) is 18.2 Å². The summed E-state index contributed by atoms with van der Waals surface area (Å²) in [5, 5.41) is 6.08. The van der Waals surface area contributed by atoms with Crippen LogP contribution in [0.1, 0.15) is 57.8 Å². The lowest BCUT2D eigenvalue weighted by Crippen LogP contribution is -2.47. The minimum atomic E-state index is -3.71. The standard InChI is InChI=1S/C23H37N3O5S/c1-30-20-12-13-22(21(15-20)31-2)32(28,29)26-14-8-9-18(17-26)16-24-23(27)25-19-10-6-4-3-5-7-11-19/h12-13,15,18-19H,3-11,14,16-17H2,1-2H3,(H2,24,25,27). The number of nitrogens with zero attached hydrogens (tertiary/aromatic N) is 1. The van der Waals surface area contributed by atoms with Crippen LogP contribution in [0.4, 0.5) is 4.79 Å². The highest BCUT2D eigenvalue weighted by molar-refractivity contribution is 7.89. The SMILES string of the molecule is COc1ccc(S(=O)(=O)N2CCCC(CNC(=O)NC3CCCCCCC3)C2)c(OC)c1. The molecular formula is C23H37N3O5S. The van der Waals surface area contributed by atoms with Crippen molar-refractivity contribution in [3.8, 4) is 11.5 Å². The minimum absolute atomic E-state index is 0.0749. The van der Waals surface area contributed by atoms with E-state index >= 15 is 0 Å². The van der Waals surface area contributed by atoms with Crippen LogP contribution >= 0.6 is 0 Å². The lowest BCUT2D eigenvalue weighted by Gasteiger charge is -2.32. The van der Waals surface area contributed by atoms with Gasteiger partial charge in [-0.2, -0.15) is 4.31 Å². The van der Waals surface area contributed by atoms with Gasteiger partial charge >= 0.3 is 6.03 Å². The van der Waals surface area contributed by atoms with Gasteiger partial charge in [-0.25, -0.2) is 13.2 Å². The van der Waals surface area contributed by atoms with Crippen molar-refractivity contribution in [1.29, 1.82) is 0 Å². The number of amides is 2. The number of benzene rings is 1. The van der Waals surface area contributed by atoms with Crippen molar-refractivity contribution in [1.82, 2.24) is 14.9 Å². The second-order valence-electron chi connectivity index (χ2n) is 8.78. The van der Waals surface area contributed by atoms with Crippen LogP contribution in [0.5, 0.6) is 11.5 Å². The lowest BCUT2D eigenvalue weighted by molar-refractivity contribution is 0.224. The second-order valence-corrected chi connectivity index (χ2v) is 10.7. The van der Waals surface area contributed by atoms with Crippen LogP contribution in [0, 0.1) is 5.92 Å². The first-order chi connectivity index (χ1) is 15.4. The highest BCUT2D eigenvalue weighted by Crippen LogP contribution is 2.32. The number of urea groups is 1. The van der Waals surface area contributed by atoms with Gasteiger partial charge < -0.3 is 20.1 Å². The monoisotopic (exact) mass is 467 g/mol. The van der Waals surface area contributed by atoms with Gasteiger partial charge in [0.15, 0.2) is 0 Å². The summed E-state index contributed by atoms with van der Waals surface area (Å²) in [5.74, 6) is 0.880. The first-order valence-electron chi connectivity index (χ1n) is 11.7. The summed E-state index contributed by atoms with van der Waals surface area (Å²) in [6, 6.07) is 4.82. The zero-order chi connectivity index (χ0) is 23.0. The topological polar surface area (TPSA) is 97.0 Å². The third kappa shape index (κ3) is 6.51. The molecule has 0 radical (unpaired) electrons. The lowest BCUT2D eigenvalue weighted by atomic mass is 9.97. The fourth-order valence-corrected chi connectivity index (χ4v) is 6.30. The van der Waals surface area contributed by atoms with Gasteiger partial charge in [0.25, 0.3) is 0 Å². The average Bonchev–Trinajstić information content (AvgIpc) is 2.79. The molecule has 1 aliphatic heterocycles. The molecule has 32 heavy (non-hydrogen) atoms. The minimum Gasteiger partial charge on any atom is -0.497 e. The van der Waals surface area contributed by atoms with Crippen LogP contribution in [-0.4, -0.2) is 58.6 Å². The number of methoxy groups -OCH3 is 2. The summed E-state index contributed by atoms with van der Waals surface area (Å²) in [4.78, 5) is 12.5. The Morgan fingerprint density at radius 1 is 1.03 bits per heavy atom. The van der Waals surface area contributed by atoms with E-state index in [4.69, 9.17) is 9.47 Å². The van der Waals surface area contributed by atoms with Crippen molar-refractivity contribution < 1.29 is 22.7 Å². The van der Waals surface area contributed by atoms with Crippen molar-refractivity contribution in [2.24, 2.45) is 5.92 Å². The van der Waals surface area contributed by atoms with Crippen molar-refractivity contribution >= 4 is 16.1 Å². The third-order valence-corrected chi connectivity index (χ3v) is 8.37. The summed E-state index contributed by atoms with van der Waals surface area (Å²) >= 11 is 0. The molecule has 9 heteroatoms. The maximum absolute atomic E-state index is 13.3. The fourth-order valence-electron chi connectivity index (χ4n) is 4.61. The highest BCUT2D eigenvalue weighted by atomic mass is 32.2. The summed E-state index contributed by atoms with van der Waals surface area (Å²) in [7, 11) is -0.731. The molecule has 1 aromatic rings. The molecule has 8 nitrogen and oxygen atoms in total. The maximum Gasteiger partial charge on any atom is 0.315 e. The van der Waals surface area contributed by atoms with Crippen LogP contribution in [0.2, 0.25) is 0 Å². The number of nitrogens with one attached hydrogen (secondary N) is 2. The zero-order valence-electron chi connectivity index (χ0n) is 19.3. The van der Waals surface area contributed by atoms with Gasteiger partial charge in [-0.3, -0.25) is 0 Å². The predicted octanol–water partition coefficient (Wildman–Crippen LogP) is 3.52. The molecule has 1 aliphatic carbocycles. The fraction of sp³-hybridized carbons (Fsp3) is 0.696. The molecule has 1 unspecified atom stereocenters. The van der Waals surface area contributed by atoms with E-state index in [1.165, 1.54) is 43.9 Å². The number of piperidine rings is 1. The number of ether oxygens (including phenoxy) is 2. The molecule has 1 heterocycles. The molecule has 0 aromatic heterocycles. The van der Waals surface area contributed by atoms with E-state index in [2.05, 4.69) is 10.6 Å². The normalized spacial score (nSPS) is 21.2. The van der Waals surface area contributed by atoms with Gasteiger partial charge in [0.1, 0.15) is 16.4 Å². The van der Waals surface area contributed by atoms with Crippen molar-refractivity contribution in [2.75, 3.05) is 33.9 Å². The van der Waals surface area contributed by atoms with Gasteiger partial charge in [-0.15, -0.1) is 0 Å². The van der Waals surface area contributed by atoms with E-state index < -0.39 is 10.0 Å². The predicted molar refractivity (Wildman–Crippen MR) is 124 cm³/mol. The summed E-state index contributed by atoms with van der Waals surface area (Å²) in [6.45, 7) is 1.30. The molecule has 2 fully saturated rings. The van der Waals surface area contributed by atoms with Crippen LogP contribution in [0.3, 0.4) is 0 Å². The van der Waals surface area contributed by atoms with E-state index in [0.29, 0.717) is 25.4 Å². The zero-order valence-corrected chi connectivity index (χ0v) is 20.1. The van der Waals surface area contributed by atoms with Crippen LogP contribution < -0.4 is 20.1 Å². The Kier molecular flexibility index (Phi) is 9.04. The first-order valence-corrected chi connectivity index (χ1v) is 13.1. The largest absolute Gasteiger partial charge is 0.497 e. The molecule has 1 saturated heterocycles. The van der Waals surface area contributed by atoms with Crippen LogP contribution in [0.15, 0.2) is 23.1 Å². The highest BCUT2D eigenvalue weighted by Gasteiger charge is 2.32. The van der Waals surface area contributed by atoms with Crippen LogP contribution in [-0.2, 0) is 10.0 Å². The Labute approximate surface area is 192 Å². The molecule has 0 bridgehead atoms. The van der Waals surface area contributed by atoms with E-state index in [-0.39, 0.29) is 28.6 Å². The third-order valence-electron chi connectivity index (χ3n) is 6.46. The Balaban J connectivity index is 1.56. The first kappa shape index (κ1) is 24.6. The number of sulfonamides is 1. The van der Waals surface area contributed by atoms with E-state index in [1.54, 1.807) is 12.1 Å². The summed E-state index contributed by atoms with van der Waals surface area (Å²) < 4.78 is 38.5. The molecule has 0 spiro atoms. The molecule has 2 amide bonds. The quantitative estimate of drug-likeness (QED) is 0.640. The maximum atomic E-state index is 13.3. The molecular weight excluding hydrogens is 430 g/mol. The number of hydrogen-bond acceptors (Lipinski definition) is 5. The summed E-state index contributed by atoms with van der Waals surface area (Å²) in [6.07, 6.45) is 9.81. The second kappa shape index (κ2) is 11.7. The summed E-state index contributed by atoms with van der Waals surface area (Å²) in [5.41, 5.74) is 0. The Morgan fingerprint density at radius 2 is 1.75 bits per heavy atom. The molecule has 3 rings (SSSR count). The molecule has 1 aromatic carbocycles. The molecule has 180 valence electrons. The van der Waals surface area contributed by atoms with Gasteiger partial charge in [0.05, 0.1) is 14.2 Å². The van der Waals surface area contributed by atoms with E-state index in [1.807, 2.05) is 0 Å². The number of hydrogen-bond donors (Lipinski definition) is 2. The van der Waals surface area contributed by atoms with Crippen molar-refractivity contribution in [3.63, 3.8) is 0 Å². The molecule has 2 N–H and O–H groups in total. The van der Waals surface area contributed by atoms with E-state index in [9.17, 15) is 13.2 Å².